The summed E-state index contributed by atoms with van der Waals surface area (Å²) in [4.78, 5) is 0. The fourth-order valence-electron chi connectivity index (χ4n) is 1.97. The molecule has 0 spiro atoms. The molecular formula is C16H20N2. The number of anilines is 2. The van der Waals surface area contributed by atoms with Gasteiger partial charge < -0.3 is 11.1 Å². The van der Waals surface area contributed by atoms with Crippen molar-refractivity contribution in [1.82, 2.24) is 0 Å². The lowest BCUT2D eigenvalue weighted by atomic mass is 9.84. The first-order chi connectivity index (χ1) is 8.59. The van der Waals surface area contributed by atoms with Gasteiger partial charge in [-0.3, -0.25) is 0 Å². The predicted octanol–water partition coefficient (Wildman–Crippen LogP) is 3.66. The third kappa shape index (κ3) is 2.83. The lowest BCUT2D eigenvalue weighted by Crippen LogP contribution is -2.27. The number of hydrogen-bond donors (Lipinski definition) is 2. The molecule has 2 aromatic rings. The van der Waals surface area contributed by atoms with Gasteiger partial charge >= 0.3 is 0 Å². The molecule has 0 saturated heterocycles. The lowest BCUT2D eigenvalue weighted by Gasteiger charge is -2.26. The summed E-state index contributed by atoms with van der Waals surface area (Å²) in [5, 5.41) is 3.43. The van der Waals surface area contributed by atoms with Crippen LogP contribution in [0.5, 0.6) is 0 Å². The summed E-state index contributed by atoms with van der Waals surface area (Å²) < 4.78 is 0. The van der Waals surface area contributed by atoms with Crippen molar-refractivity contribution in [2.24, 2.45) is 0 Å². The maximum atomic E-state index is 5.93. The molecule has 0 saturated carbocycles. The molecule has 0 atom stereocenters. The van der Waals surface area contributed by atoms with Crippen LogP contribution in [-0.2, 0) is 5.41 Å². The van der Waals surface area contributed by atoms with Gasteiger partial charge in [0.1, 0.15) is 0 Å². The molecule has 2 aromatic carbocycles. The molecule has 0 aliphatic heterocycles. The highest BCUT2D eigenvalue weighted by Gasteiger charge is 2.20. The number of rotatable bonds is 4. The summed E-state index contributed by atoms with van der Waals surface area (Å²) in [7, 11) is 0. The Hall–Kier alpha value is -1.96. The number of nitrogens with two attached hydrogens (primary N) is 1. The van der Waals surface area contributed by atoms with E-state index < -0.39 is 0 Å². The molecule has 0 bridgehead atoms. The van der Waals surface area contributed by atoms with Crippen LogP contribution in [-0.4, -0.2) is 6.54 Å². The Morgan fingerprint density at radius 2 is 1.56 bits per heavy atom. The Morgan fingerprint density at radius 3 is 2.22 bits per heavy atom. The van der Waals surface area contributed by atoms with E-state index in [-0.39, 0.29) is 5.41 Å². The maximum absolute atomic E-state index is 5.93. The van der Waals surface area contributed by atoms with E-state index >= 15 is 0 Å². The van der Waals surface area contributed by atoms with Crippen LogP contribution in [0.4, 0.5) is 11.4 Å². The Kier molecular flexibility index (Phi) is 3.56. The molecule has 2 nitrogen and oxygen atoms in total. The van der Waals surface area contributed by atoms with Crippen LogP contribution in [0.15, 0.2) is 54.6 Å². The van der Waals surface area contributed by atoms with Crippen LogP contribution in [0.3, 0.4) is 0 Å². The predicted molar refractivity (Wildman–Crippen MR) is 78.8 cm³/mol. The van der Waals surface area contributed by atoms with Gasteiger partial charge in [0.15, 0.2) is 0 Å². The summed E-state index contributed by atoms with van der Waals surface area (Å²) in [6.07, 6.45) is 0. The zero-order valence-corrected chi connectivity index (χ0v) is 11.0. The van der Waals surface area contributed by atoms with Crippen LogP contribution < -0.4 is 11.1 Å². The first-order valence-corrected chi connectivity index (χ1v) is 6.23. The average Bonchev–Trinajstić information content (AvgIpc) is 2.39. The number of hydrogen-bond acceptors (Lipinski definition) is 2. The second-order valence-electron chi connectivity index (χ2n) is 5.19. The van der Waals surface area contributed by atoms with E-state index in [1.807, 2.05) is 30.3 Å². The molecule has 0 aliphatic rings. The van der Waals surface area contributed by atoms with E-state index in [1.54, 1.807) is 0 Å². The smallest absolute Gasteiger partial charge is 0.0574 e. The molecule has 0 aromatic heterocycles. The first kappa shape index (κ1) is 12.5. The van der Waals surface area contributed by atoms with Gasteiger partial charge in [-0.1, -0.05) is 56.3 Å². The third-order valence-corrected chi connectivity index (χ3v) is 3.24. The molecule has 0 amide bonds. The summed E-state index contributed by atoms with van der Waals surface area (Å²) in [5.41, 5.74) is 9.12. The molecule has 94 valence electrons. The van der Waals surface area contributed by atoms with Gasteiger partial charge in [0.05, 0.1) is 11.4 Å². The van der Waals surface area contributed by atoms with Crippen LogP contribution >= 0.6 is 0 Å². The molecule has 2 heteroatoms. The van der Waals surface area contributed by atoms with Gasteiger partial charge in [-0.05, 0) is 17.7 Å². The number of nitrogen functional groups attached to an aromatic ring is 1. The summed E-state index contributed by atoms with van der Waals surface area (Å²) in [6, 6.07) is 18.4. The topological polar surface area (TPSA) is 38.0 Å². The van der Waals surface area contributed by atoms with E-state index in [0.717, 1.165) is 17.9 Å². The van der Waals surface area contributed by atoms with E-state index in [1.165, 1.54) is 5.56 Å². The lowest BCUT2D eigenvalue weighted by molar-refractivity contribution is 0.557. The minimum absolute atomic E-state index is 0.0730. The molecule has 0 fully saturated rings. The fourth-order valence-corrected chi connectivity index (χ4v) is 1.97. The van der Waals surface area contributed by atoms with Crippen molar-refractivity contribution in [3.05, 3.63) is 60.2 Å². The van der Waals surface area contributed by atoms with Gasteiger partial charge in [0, 0.05) is 12.0 Å². The number of nitrogens with one attached hydrogen (secondary N) is 1. The number of benzene rings is 2. The minimum atomic E-state index is 0.0730. The standard InChI is InChI=1S/C16H20N2/c1-16(2,13-8-4-3-5-9-13)12-18-15-11-7-6-10-14(15)17/h3-11,18H,12,17H2,1-2H3. The Labute approximate surface area is 109 Å². The molecule has 0 unspecified atom stereocenters. The molecule has 2 rings (SSSR count). The third-order valence-electron chi connectivity index (χ3n) is 3.24. The Bertz CT molecular complexity index is 504. The van der Waals surface area contributed by atoms with Gasteiger partial charge in [-0.2, -0.15) is 0 Å². The Balaban J connectivity index is 2.08. The van der Waals surface area contributed by atoms with Crippen molar-refractivity contribution in [2.75, 3.05) is 17.6 Å². The van der Waals surface area contributed by atoms with E-state index in [4.69, 9.17) is 5.73 Å². The van der Waals surface area contributed by atoms with Gasteiger partial charge in [-0.25, -0.2) is 0 Å². The Morgan fingerprint density at radius 1 is 0.944 bits per heavy atom. The van der Waals surface area contributed by atoms with E-state index in [2.05, 4.69) is 43.4 Å². The van der Waals surface area contributed by atoms with E-state index in [0.29, 0.717) is 0 Å². The van der Waals surface area contributed by atoms with Crippen LogP contribution in [0, 0.1) is 0 Å². The second-order valence-corrected chi connectivity index (χ2v) is 5.19. The molecule has 0 heterocycles. The van der Waals surface area contributed by atoms with Gasteiger partial charge in [-0.15, -0.1) is 0 Å². The molecule has 18 heavy (non-hydrogen) atoms. The van der Waals surface area contributed by atoms with Gasteiger partial charge in [0.25, 0.3) is 0 Å². The molecular weight excluding hydrogens is 220 g/mol. The minimum Gasteiger partial charge on any atom is -0.397 e. The number of para-hydroxylation sites is 2. The van der Waals surface area contributed by atoms with Crippen molar-refractivity contribution in [2.45, 2.75) is 19.3 Å². The van der Waals surface area contributed by atoms with Crippen molar-refractivity contribution in [3.8, 4) is 0 Å². The van der Waals surface area contributed by atoms with Crippen molar-refractivity contribution < 1.29 is 0 Å². The monoisotopic (exact) mass is 240 g/mol. The normalized spacial score (nSPS) is 11.2. The SMILES string of the molecule is CC(C)(CNc1ccccc1N)c1ccccc1. The zero-order valence-electron chi connectivity index (χ0n) is 11.0. The molecule has 3 N–H and O–H groups in total. The highest BCUT2D eigenvalue weighted by atomic mass is 14.9. The summed E-state index contributed by atoms with van der Waals surface area (Å²) in [5.74, 6) is 0. The average molecular weight is 240 g/mol. The maximum Gasteiger partial charge on any atom is 0.0574 e. The van der Waals surface area contributed by atoms with Gasteiger partial charge in [0.2, 0.25) is 0 Å². The van der Waals surface area contributed by atoms with E-state index in [9.17, 15) is 0 Å². The van der Waals surface area contributed by atoms with Crippen LogP contribution in [0.1, 0.15) is 19.4 Å². The van der Waals surface area contributed by atoms with Crippen molar-refractivity contribution in [1.29, 1.82) is 0 Å². The highest BCUT2D eigenvalue weighted by molar-refractivity contribution is 5.65. The summed E-state index contributed by atoms with van der Waals surface area (Å²) in [6.45, 7) is 5.31. The highest BCUT2D eigenvalue weighted by Crippen LogP contribution is 2.25. The molecule has 0 radical (unpaired) electrons. The van der Waals surface area contributed by atoms with Crippen molar-refractivity contribution >= 4 is 11.4 Å². The quantitative estimate of drug-likeness (QED) is 0.800. The van der Waals surface area contributed by atoms with Crippen LogP contribution in [0.25, 0.3) is 0 Å². The summed E-state index contributed by atoms with van der Waals surface area (Å²) >= 11 is 0. The molecule has 0 aliphatic carbocycles. The zero-order chi connectivity index (χ0) is 13.0. The second kappa shape index (κ2) is 5.13. The first-order valence-electron chi connectivity index (χ1n) is 6.23. The van der Waals surface area contributed by atoms with Crippen molar-refractivity contribution in [3.63, 3.8) is 0 Å². The van der Waals surface area contributed by atoms with Crippen LogP contribution in [0.2, 0.25) is 0 Å². The fraction of sp³-hybridized carbons (Fsp3) is 0.250. The largest absolute Gasteiger partial charge is 0.397 e.